The third kappa shape index (κ3) is 2.81. The summed E-state index contributed by atoms with van der Waals surface area (Å²) in [6.07, 6.45) is 11.5. The SMILES string of the molecule is C[C@]12CC[C@@H](O)C[C@@H]1CC[C@@H]1[C@@H]2CC[C@]2(C)[C@@H](O)[C@H](CCCCl)C[C@@H]12. The van der Waals surface area contributed by atoms with E-state index in [-0.39, 0.29) is 17.6 Å². The fraction of sp³-hybridized carbons (Fsp3) is 1.00. The number of halogens is 1. The van der Waals surface area contributed by atoms with Crippen molar-refractivity contribution in [3.8, 4) is 0 Å². The van der Waals surface area contributed by atoms with Gasteiger partial charge in [-0.05, 0) is 105 Å². The van der Waals surface area contributed by atoms with Crippen LogP contribution in [-0.2, 0) is 0 Å². The molecule has 0 amide bonds. The first-order valence-electron chi connectivity index (χ1n) is 10.8. The highest BCUT2D eigenvalue weighted by Crippen LogP contribution is 2.67. The van der Waals surface area contributed by atoms with E-state index in [1.54, 1.807) is 0 Å². The van der Waals surface area contributed by atoms with Crippen LogP contribution in [0.25, 0.3) is 0 Å². The number of alkyl halides is 1. The maximum atomic E-state index is 11.1. The molecular formula is C22H37ClO2. The predicted octanol–water partition coefficient (Wildman–Crippen LogP) is 5.00. The van der Waals surface area contributed by atoms with Crippen molar-refractivity contribution >= 4 is 11.6 Å². The van der Waals surface area contributed by atoms with Crippen LogP contribution in [0.1, 0.15) is 78.1 Å². The Morgan fingerprint density at radius 2 is 1.68 bits per heavy atom. The van der Waals surface area contributed by atoms with Gasteiger partial charge in [0.1, 0.15) is 0 Å². The largest absolute Gasteiger partial charge is 0.393 e. The molecule has 9 atom stereocenters. The van der Waals surface area contributed by atoms with Gasteiger partial charge in [0.05, 0.1) is 12.2 Å². The van der Waals surface area contributed by atoms with Crippen molar-refractivity contribution in [3.63, 3.8) is 0 Å². The molecule has 2 N–H and O–H groups in total. The summed E-state index contributed by atoms with van der Waals surface area (Å²) in [6, 6.07) is 0. The molecule has 0 radical (unpaired) electrons. The van der Waals surface area contributed by atoms with E-state index < -0.39 is 0 Å². The van der Waals surface area contributed by atoms with E-state index >= 15 is 0 Å². The lowest BCUT2D eigenvalue weighted by molar-refractivity contribution is -0.134. The van der Waals surface area contributed by atoms with Crippen molar-refractivity contribution < 1.29 is 10.2 Å². The van der Waals surface area contributed by atoms with Crippen molar-refractivity contribution in [1.29, 1.82) is 0 Å². The van der Waals surface area contributed by atoms with Crippen LogP contribution in [0.5, 0.6) is 0 Å². The van der Waals surface area contributed by atoms with Gasteiger partial charge in [-0.3, -0.25) is 0 Å². The van der Waals surface area contributed by atoms with Crippen molar-refractivity contribution in [3.05, 3.63) is 0 Å². The van der Waals surface area contributed by atoms with E-state index in [0.29, 0.717) is 17.3 Å². The van der Waals surface area contributed by atoms with Gasteiger partial charge in [-0.25, -0.2) is 0 Å². The Morgan fingerprint density at radius 1 is 0.920 bits per heavy atom. The molecular weight excluding hydrogens is 332 g/mol. The fourth-order valence-electron chi connectivity index (χ4n) is 8.00. The molecule has 0 bridgehead atoms. The van der Waals surface area contributed by atoms with Gasteiger partial charge in [0.2, 0.25) is 0 Å². The summed E-state index contributed by atoms with van der Waals surface area (Å²) >= 11 is 5.93. The van der Waals surface area contributed by atoms with Crippen LogP contribution < -0.4 is 0 Å². The molecule has 0 heterocycles. The maximum Gasteiger partial charge on any atom is 0.0624 e. The first-order valence-corrected chi connectivity index (χ1v) is 11.4. The molecule has 4 rings (SSSR count). The Labute approximate surface area is 158 Å². The van der Waals surface area contributed by atoms with Crippen LogP contribution in [0.2, 0.25) is 0 Å². The Morgan fingerprint density at radius 3 is 2.44 bits per heavy atom. The van der Waals surface area contributed by atoms with Crippen molar-refractivity contribution in [1.82, 2.24) is 0 Å². The summed E-state index contributed by atoms with van der Waals surface area (Å²) in [6.45, 7) is 4.93. The molecule has 0 aromatic heterocycles. The van der Waals surface area contributed by atoms with E-state index in [9.17, 15) is 10.2 Å². The van der Waals surface area contributed by atoms with Crippen LogP contribution in [-0.4, -0.2) is 28.3 Å². The van der Waals surface area contributed by atoms with Gasteiger partial charge in [-0.15, -0.1) is 11.6 Å². The summed E-state index contributed by atoms with van der Waals surface area (Å²) in [4.78, 5) is 0. The Balaban J connectivity index is 1.56. The normalized spacial score (nSPS) is 55.3. The first-order chi connectivity index (χ1) is 11.9. The summed E-state index contributed by atoms with van der Waals surface area (Å²) in [5.41, 5.74) is 0.568. The highest BCUT2D eigenvalue weighted by molar-refractivity contribution is 6.17. The molecule has 4 saturated carbocycles. The van der Waals surface area contributed by atoms with Crippen LogP contribution in [0, 0.1) is 40.4 Å². The molecule has 4 aliphatic rings. The number of rotatable bonds is 3. The van der Waals surface area contributed by atoms with Gasteiger partial charge >= 0.3 is 0 Å². The molecule has 144 valence electrons. The molecule has 3 heteroatoms. The Kier molecular flexibility index (Phi) is 4.96. The number of fused-ring (bicyclic) bond motifs is 5. The van der Waals surface area contributed by atoms with Gasteiger partial charge in [0.15, 0.2) is 0 Å². The van der Waals surface area contributed by atoms with Crippen LogP contribution >= 0.6 is 11.6 Å². The highest BCUT2D eigenvalue weighted by Gasteiger charge is 2.61. The van der Waals surface area contributed by atoms with Gasteiger partial charge < -0.3 is 10.2 Å². The summed E-state index contributed by atoms with van der Waals surface area (Å²) < 4.78 is 0. The Bertz CT molecular complexity index is 496. The van der Waals surface area contributed by atoms with Crippen LogP contribution in [0.4, 0.5) is 0 Å². The van der Waals surface area contributed by atoms with Crippen molar-refractivity contribution in [2.45, 2.75) is 90.3 Å². The molecule has 25 heavy (non-hydrogen) atoms. The summed E-state index contributed by atoms with van der Waals surface area (Å²) in [5.74, 6) is 4.22. The lowest BCUT2D eigenvalue weighted by atomic mass is 9.45. The van der Waals surface area contributed by atoms with Gasteiger partial charge in [0.25, 0.3) is 0 Å². The Hall–Kier alpha value is 0.210. The smallest absolute Gasteiger partial charge is 0.0624 e. The molecule has 0 aromatic rings. The number of aliphatic hydroxyl groups is 2. The molecule has 0 aromatic carbocycles. The van der Waals surface area contributed by atoms with E-state index in [0.717, 1.165) is 49.3 Å². The zero-order valence-corrected chi connectivity index (χ0v) is 16.8. The molecule has 0 aliphatic heterocycles. The second-order valence-electron chi connectivity index (χ2n) is 10.4. The minimum absolute atomic E-state index is 0.0586. The average molecular weight is 369 g/mol. The standard InChI is InChI=1S/C22H37ClO2/c1-21-9-7-16(24)13-15(21)5-6-17-18(21)8-10-22(2)19(17)12-14(20(22)25)4-3-11-23/h14-20,24-25H,3-13H2,1-2H3/t14-,15+,16-,17-,18+,19+,20+,21+,22+/m1/s1. The topological polar surface area (TPSA) is 40.5 Å². The predicted molar refractivity (Wildman–Crippen MR) is 103 cm³/mol. The number of hydrogen-bond acceptors (Lipinski definition) is 2. The minimum Gasteiger partial charge on any atom is -0.393 e. The second-order valence-corrected chi connectivity index (χ2v) is 10.8. The first kappa shape index (κ1) is 18.6. The third-order valence-corrected chi connectivity index (χ3v) is 9.73. The van der Waals surface area contributed by atoms with Crippen molar-refractivity contribution in [2.24, 2.45) is 40.4 Å². The van der Waals surface area contributed by atoms with Crippen molar-refractivity contribution in [2.75, 3.05) is 5.88 Å². The fourth-order valence-corrected chi connectivity index (χ4v) is 8.16. The van der Waals surface area contributed by atoms with E-state index in [4.69, 9.17) is 11.6 Å². The van der Waals surface area contributed by atoms with Gasteiger partial charge in [0, 0.05) is 5.88 Å². The number of aliphatic hydroxyl groups excluding tert-OH is 2. The van der Waals surface area contributed by atoms with Crippen LogP contribution in [0.15, 0.2) is 0 Å². The molecule has 0 spiro atoms. The molecule has 0 saturated heterocycles. The molecule has 4 fully saturated rings. The summed E-state index contributed by atoms with van der Waals surface area (Å²) in [5, 5.41) is 21.3. The van der Waals surface area contributed by atoms with E-state index in [1.807, 2.05) is 0 Å². The van der Waals surface area contributed by atoms with E-state index in [1.165, 1.54) is 38.5 Å². The maximum absolute atomic E-state index is 11.1. The highest BCUT2D eigenvalue weighted by atomic mass is 35.5. The lowest BCUT2D eigenvalue weighted by Gasteiger charge is -2.60. The lowest BCUT2D eigenvalue weighted by Crippen LogP contribution is -2.54. The average Bonchev–Trinajstić information content (AvgIpc) is 2.85. The monoisotopic (exact) mass is 368 g/mol. The van der Waals surface area contributed by atoms with Gasteiger partial charge in [-0.2, -0.15) is 0 Å². The van der Waals surface area contributed by atoms with E-state index in [2.05, 4.69) is 13.8 Å². The van der Waals surface area contributed by atoms with Crippen LogP contribution in [0.3, 0.4) is 0 Å². The quantitative estimate of drug-likeness (QED) is 0.688. The minimum atomic E-state index is -0.125. The molecule has 2 nitrogen and oxygen atoms in total. The molecule has 4 aliphatic carbocycles. The zero-order chi connectivity index (χ0) is 17.8. The summed E-state index contributed by atoms with van der Waals surface area (Å²) in [7, 11) is 0. The zero-order valence-electron chi connectivity index (χ0n) is 16.1. The third-order valence-electron chi connectivity index (χ3n) is 9.46. The molecule has 0 unspecified atom stereocenters. The second kappa shape index (κ2) is 6.67. The number of hydrogen-bond donors (Lipinski definition) is 2. The van der Waals surface area contributed by atoms with Gasteiger partial charge in [-0.1, -0.05) is 13.8 Å².